The molecule has 0 aromatic rings. The Morgan fingerprint density at radius 1 is 0.581 bits per heavy atom. The van der Waals surface area contributed by atoms with Gasteiger partial charge in [-0.05, 0) is 32.4 Å². The molecule has 0 N–H and O–H groups in total. The van der Waals surface area contributed by atoms with Gasteiger partial charge in [0.15, 0.2) is 0 Å². The van der Waals surface area contributed by atoms with E-state index in [1.54, 1.807) is 0 Å². The van der Waals surface area contributed by atoms with E-state index < -0.39 is 5.97 Å². The smallest absolute Gasteiger partial charge is 0.548 e. The maximum atomic E-state index is 11.9. The molecule has 0 aliphatic rings. The van der Waals surface area contributed by atoms with Crippen molar-refractivity contribution in [3.05, 3.63) is 0 Å². The van der Waals surface area contributed by atoms with Crippen LogP contribution in [0.3, 0.4) is 0 Å². The Morgan fingerprint density at radius 2 is 0.903 bits per heavy atom. The van der Waals surface area contributed by atoms with Crippen LogP contribution in [0.5, 0.6) is 0 Å². The van der Waals surface area contributed by atoms with Crippen LogP contribution in [0.15, 0.2) is 0 Å². The molecular formula is C27H54NNaO2. The topological polar surface area (TPSA) is 43.4 Å². The Hall–Kier alpha value is 0.430. The monoisotopic (exact) mass is 447 g/mol. The average molecular weight is 448 g/mol. The van der Waals surface area contributed by atoms with Crippen molar-refractivity contribution in [3.8, 4) is 0 Å². The largest absolute Gasteiger partial charge is 1.00 e. The van der Waals surface area contributed by atoms with E-state index in [0.29, 0.717) is 0 Å². The first kappa shape index (κ1) is 33.6. The molecule has 0 fully saturated rings. The van der Waals surface area contributed by atoms with Gasteiger partial charge >= 0.3 is 29.6 Å². The van der Waals surface area contributed by atoms with Gasteiger partial charge in [0.25, 0.3) is 0 Å². The van der Waals surface area contributed by atoms with Crippen LogP contribution < -0.4 is 34.7 Å². The number of hydrogen-bond donors (Lipinski definition) is 0. The number of unbranched alkanes of at least 4 members (excludes halogenated alkanes) is 16. The first-order valence-corrected chi connectivity index (χ1v) is 13.6. The Labute approximate surface area is 217 Å². The molecule has 1 atom stereocenters. The Bertz CT molecular complexity index is 345. The molecule has 3 nitrogen and oxygen atoms in total. The van der Waals surface area contributed by atoms with Crippen LogP contribution in [-0.4, -0.2) is 30.0 Å². The maximum Gasteiger partial charge on any atom is 1.00 e. The zero-order chi connectivity index (χ0) is 22.3. The van der Waals surface area contributed by atoms with Crippen LogP contribution in [0, 0.1) is 0 Å². The summed E-state index contributed by atoms with van der Waals surface area (Å²) >= 11 is 0. The molecule has 0 aliphatic carbocycles. The van der Waals surface area contributed by atoms with Crippen LogP contribution in [-0.2, 0) is 4.79 Å². The van der Waals surface area contributed by atoms with Crippen molar-refractivity contribution < 1.29 is 39.5 Å². The number of carboxylic acids is 1. The quantitative estimate of drug-likeness (QED) is 0.164. The Balaban J connectivity index is 0. The van der Waals surface area contributed by atoms with Gasteiger partial charge in [-0.3, -0.25) is 4.90 Å². The van der Waals surface area contributed by atoms with Crippen LogP contribution in [0.4, 0.5) is 0 Å². The second-order valence-electron chi connectivity index (χ2n) is 9.32. The number of carboxylic acid groups (broad SMARTS) is 1. The van der Waals surface area contributed by atoms with Crippen LogP contribution in [0.25, 0.3) is 0 Å². The second-order valence-corrected chi connectivity index (χ2v) is 9.32. The van der Waals surface area contributed by atoms with Crippen molar-refractivity contribution in [3.63, 3.8) is 0 Å². The standard InChI is InChI=1S/C27H55NO2.Na/c1-4-7-10-12-14-16-18-21-24-28(26(27(29)30)23-20-9-6-3)25-22-19-17-15-13-11-8-5-2;/h26H,4-25H2,1-3H3,(H,29,30);/q;+1/p-1. The molecule has 0 amide bonds. The molecule has 4 heteroatoms. The molecule has 0 aromatic carbocycles. The molecule has 31 heavy (non-hydrogen) atoms. The summed E-state index contributed by atoms with van der Waals surface area (Å²) < 4.78 is 0. The van der Waals surface area contributed by atoms with Gasteiger partial charge in [-0.1, -0.05) is 130 Å². The van der Waals surface area contributed by atoms with E-state index in [-0.39, 0.29) is 35.6 Å². The van der Waals surface area contributed by atoms with E-state index >= 15 is 0 Å². The van der Waals surface area contributed by atoms with Gasteiger partial charge in [-0.2, -0.15) is 0 Å². The zero-order valence-electron chi connectivity index (χ0n) is 21.9. The van der Waals surface area contributed by atoms with Crippen LogP contribution in [0.2, 0.25) is 0 Å². The van der Waals surface area contributed by atoms with E-state index in [2.05, 4.69) is 25.7 Å². The molecular weight excluding hydrogens is 393 g/mol. The first-order valence-electron chi connectivity index (χ1n) is 13.6. The third-order valence-corrected chi connectivity index (χ3v) is 6.39. The summed E-state index contributed by atoms with van der Waals surface area (Å²) in [5.41, 5.74) is 0. The van der Waals surface area contributed by atoms with Crippen molar-refractivity contribution >= 4 is 5.97 Å². The molecule has 0 aliphatic heterocycles. The van der Waals surface area contributed by atoms with Crippen LogP contribution in [0.1, 0.15) is 149 Å². The fourth-order valence-corrected chi connectivity index (χ4v) is 4.36. The van der Waals surface area contributed by atoms with Gasteiger partial charge in [-0.15, -0.1) is 0 Å². The SMILES string of the molecule is CCCCCCCCCCN(CCCCCCCCCC)C(CCCCC)C(=O)[O-].[Na+]. The Morgan fingerprint density at radius 3 is 1.26 bits per heavy atom. The summed E-state index contributed by atoms with van der Waals surface area (Å²) in [6.07, 6.45) is 24.7. The average Bonchev–Trinajstić information content (AvgIpc) is 2.73. The van der Waals surface area contributed by atoms with Crippen molar-refractivity contribution in [1.82, 2.24) is 4.90 Å². The molecule has 0 spiro atoms. The summed E-state index contributed by atoms with van der Waals surface area (Å²) in [7, 11) is 0. The number of carbonyl (C=O) groups is 1. The zero-order valence-corrected chi connectivity index (χ0v) is 23.9. The molecule has 1 unspecified atom stereocenters. The summed E-state index contributed by atoms with van der Waals surface area (Å²) in [6, 6.07) is -0.384. The minimum Gasteiger partial charge on any atom is -0.548 e. The number of aliphatic carboxylic acids is 1. The molecule has 0 heterocycles. The van der Waals surface area contributed by atoms with Crippen molar-refractivity contribution in [1.29, 1.82) is 0 Å². The predicted molar refractivity (Wildman–Crippen MR) is 130 cm³/mol. The molecule has 180 valence electrons. The van der Waals surface area contributed by atoms with Crippen LogP contribution >= 0.6 is 0 Å². The molecule has 0 radical (unpaired) electrons. The number of carbonyl (C=O) groups excluding carboxylic acids is 1. The predicted octanol–water partition coefficient (Wildman–Crippen LogP) is 4.27. The van der Waals surface area contributed by atoms with E-state index in [4.69, 9.17) is 0 Å². The molecule has 0 saturated carbocycles. The van der Waals surface area contributed by atoms with Gasteiger partial charge in [-0.25, -0.2) is 0 Å². The number of rotatable bonds is 24. The number of hydrogen-bond acceptors (Lipinski definition) is 3. The Kier molecular flexibility index (Phi) is 28.9. The van der Waals surface area contributed by atoms with Gasteiger partial charge in [0, 0.05) is 6.04 Å². The normalized spacial score (nSPS) is 12.1. The second kappa shape index (κ2) is 26.7. The third-order valence-electron chi connectivity index (χ3n) is 6.39. The summed E-state index contributed by atoms with van der Waals surface area (Å²) in [6.45, 7) is 8.55. The van der Waals surface area contributed by atoms with Gasteiger partial charge in [0.2, 0.25) is 0 Å². The maximum absolute atomic E-state index is 11.9. The fourth-order valence-electron chi connectivity index (χ4n) is 4.36. The minimum atomic E-state index is -0.856. The van der Waals surface area contributed by atoms with Crippen molar-refractivity contribution in [2.45, 2.75) is 155 Å². The molecule has 0 rings (SSSR count). The molecule has 0 bridgehead atoms. The number of nitrogens with zero attached hydrogens (tertiary/aromatic N) is 1. The third kappa shape index (κ3) is 22.0. The van der Waals surface area contributed by atoms with E-state index in [0.717, 1.165) is 51.6 Å². The minimum absolute atomic E-state index is 0. The summed E-state index contributed by atoms with van der Waals surface area (Å²) in [5, 5.41) is 11.9. The summed E-state index contributed by atoms with van der Waals surface area (Å²) in [4.78, 5) is 14.1. The molecule has 0 saturated heterocycles. The van der Waals surface area contributed by atoms with Crippen molar-refractivity contribution in [2.24, 2.45) is 0 Å². The van der Waals surface area contributed by atoms with E-state index in [1.165, 1.54) is 89.9 Å². The van der Waals surface area contributed by atoms with E-state index in [9.17, 15) is 9.90 Å². The first-order chi connectivity index (χ1) is 14.7. The summed E-state index contributed by atoms with van der Waals surface area (Å²) in [5.74, 6) is -0.856. The van der Waals surface area contributed by atoms with Gasteiger partial charge in [0.05, 0.1) is 5.97 Å². The van der Waals surface area contributed by atoms with Gasteiger partial charge in [0.1, 0.15) is 0 Å². The fraction of sp³-hybridized carbons (Fsp3) is 0.963. The van der Waals surface area contributed by atoms with Gasteiger partial charge < -0.3 is 9.90 Å². The molecule has 0 aromatic heterocycles. The van der Waals surface area contributed by atoms with E-state index in [1.807, 2.05) is 0 Å². The van der Waals surface area contributed by atoms with Crippen molar-refractivity contribution in [2.75, 3.05) is 13.1 Å².